The Morgan fingerprint density at radius 2 is 1.07 bits per heavy atom. The summed E-state index contributed by atoms with van der Waals surface area (Å²) in [5.41, 5.74) is 0.131. The molecule has 1 unspecified atom stereocenters. The number of carboxylic acids is 1. The zero-order chi connectivity index (χ0) is 64.3. The van der Waals surface area contributed by atoms with Crippen LogP contribution in [0.15, 0.2) is 213 Å². The van der Waals surface area contributed by atoms with Crippen LogP contribution in [0.4, 0.5) is 0 Å². The smallest absolute Gasteiger partial charge is 0.333 e. The minimum absolute atomic E-state index is 0.109. The number of amides is 2. The molecule has 1 aliphatic heterocycles. The number of nitrogens with one attached hydrogen (secondary N) is 3. The van der Waals surface area contributed by atoms with Crippen molar-refractivity contribution in [3.8, 4) is 21.9 Å². The molecule has 3 aromatic carbocycles. The highest BCUT2D eigenvalue weighted by Crippen LogP contribution is 2.42. The lowest BCUT2D eigenvalue weighted by Crippen LogP contribution is -2.49. The van der Waals surface area contributed by atoms with Crippen molar-refractivity contribution in [1.29, 1.82) is 0 Å². The van der Waals surface area contributed by atoms with Gasteiger partial charge in [0.15, 0.2) is 11.3 Å². The van der Waals surface area contributed by atoms with E-state index < -0.39 is 29.4 Å². The van der Waals surface area contributed by atoms with E-state index in [-0.39, 0.29) is 30.3 Å². The summed E-state index contributed by atoms with van der Waals surface area (Å²) in [5.74, 6) is -1.86. The normalized spacial score (nSPS) is 15.4. The van der Waals surface area contributed by atoms with Gasteiger partial charge in [-0.15, -0.1) is 11.3 Å². The maximum absolute atomic E-state index is 14.7. The second-order valence-corrected chi connectivity index (χ2v) is 23.3. The van der Waals surface area contributed by atoms with E-state index in [1.54, 1.807) is 73.7 Å². The molecule has 1 aliphatic rings. The number of rotatable bonds is 41. The lowest BCUT2D eigenvalue weighted by Gasteiger charge is -2.27. The second kappa shape index (κ2) is 43.5. The summed E-state index contributed by atoms with van der Waals surface area (Å²) < 4.78 is 12.6. The molecule has 2 amide bonds. The third-order valence-corrected chi connectivity index (χ3v) is 16.1. The number of hydrogen-bond donors (Lipinski definition) is 4. The van der Waals surface area contributed by atoms with Crippen LogP contribution in [0.5, 0.6) is 11.5 Å². The molecule has 1 fully saturated rings. The maximum atomic E-state index is 14.7. The molecule has 90 heavy (non-hydrogen) atoms. The van der Waals surface area contributed by atoms with Crippen molar-refractivity contribution in [3.05, 3.63) is 229 Å². The van der Waals surface area contributed by atoms with Gasteiger partial charge in [-0.25, -0.2) is 9.59 Å². The molecule has 5 rings (SSSR count). The van der Waals surface area contributed by atoms with Crippen molar-refractivity contribution in [2.24, 2.45) is 0 Å². The van der Waals surface area contributed by atoms with Crippen molar-refractivity contribution < 1.29 is 38.6 Å². The molecular formula is C78H97N3O8S. The molecule has 0 saturated carbocycles. The first-order valence-electron chi connectivity index (χ1n) is 32.5. The Morgan fingerprint density at radius 3 is 1.53 bits per heavy atom. The fraction of sp³-hybridized carbons (Fsp3) is 0.372. The van der Waals surface area contributed by atoms with E-state index in [0.717, 1.165) is 96.4 Å². The number of piperidine rings is 1. The van der Waals surface area contributed by atoms with E-state index in [1.165, 1.54) is 31.1 Å². The van der Waals surface area contributed by atoms with Crippen molar-refractivity contribution in [1.82, 2.24) is 16.0 Å². The van der Waals surface area contributed by atoms with Crippen LogP contribution in [0.1, 0.15) is 178 Å². The number of hydrogen-bond acceptors (Lipinski definition) is 9. The first-order valence-corrected chi connectivity index (χ1v) is 33.3. The minimum atomic E-state index is -1.74. The summed E-state index contributed by atoms with van der Waals surface area (Å²) in [5, 5.41) is 20.3. The van der Waals surface area contributed by atoms with E-state index >= 15 is 0 Å². The quantitative estimate of drug-likeness (QED) is 0.0147. The Morgan fingerprint density at radius 1 is 0.600 bits per heavy atom. The van der Waals surface area contributed by atoms with E-state index in [2.05, 4.69) is 151 Å². The summed E-state index contributed by atoms with van der Waals surface area (Å²) >= 11 is 1.33. The molecule has 0 aliphatic carbocycles. The number of carbonyl (C=O) groups excluding carboxylic acids is 4. The maximum Gasteiger partial charge on any atom is 0.333 e. The SMILES string of the molecule is CCC=CCC=CCC=CCC=CCC=CCC=CCCC(=O)N[C@@H](C)C(=O)Oc1ccc2c(C(=O)c3ccc(OCCC4CCCCN4)cc3)c(-c3ccc([C@](C)(NC(=O)CCC=CCC=CCC=CCC=CCC=CCC=CCC)C(=O)O)cc3)sc2c1. The van der Waals surface area contributed by atoms with Crippen LogP contribution in [0.2, 0.25) is 0 Å². The zero-order valence-corrected chi connectivity index (χ0v) is 54.4. The topological polar surface area (TPSA) is 160 Å². The Kier molecular flexibility index (Phi) is 35.0. The highest BCUT2D eigenvalue weighted by molar-refractivity contribution is 7.22. The average Bonchev–Trinajstić information content (AvgIpc) is 1.73. The number of carboxylic acid groups (broad SMARTS) is 1. The highest BCUT2D eigenvalue weighted by Gasteiger charge is 2.37. The Hall–Kier alpha value is -8.19. The van der Waals surface area contributed by atoms with Crippen molar-refractivity contribution in [2.75, 3.05) is 13.2 Å². The Labute approximate surface area is 540 Å². The van der Waals surface area contributed by atoms with Gasteiger partial charge in [-0.3, -0.25) is 14.4 Å². The van der Waals surface area contributed by atoms with Crippen LogP contribution < -0.4 is 25.4 Å². The molecule has 0 spiro atoms. The van der Waals surface area contributed by atoms with Crippen LogP contribution in [0.25, 0.3) is 20.5 Å². The summed E-state index contributed by atoms with van der Waals surface area (Å²) in [6, 6.07) is 18.6. The zero-order valence-electron chi connectivity index (χ0n) is 53.6. The number of thiophene rings is 1. The van der Waals surface area contributed by atoms with Gasteiger partial charge in [-0.2, -0.15) is 0 Å². The molecule has 3 atom stereocenters. The van der Waals surface area contributed by atoms with E-state index in [9.17, 15) is 29.1 Å². The number of aliphatic carboxylic acids is 1. The molecular weight excluding hydrogens is 1140 g/mol. The monoisotopic (exact) mass is 1240 g/mol. The number of ketones is 1. The van der Waals surface area contributed by atoms with Gasteiger partial charge in [0.25, 0.3) is 0 Å². The molecule has 4 N–H and O–H groups in total. The minimum Gasteiger partial charge on any atom is -0.494 e. The number of ether oxygens (including phenoxy) is 2. The summed E-state index contributed by atoms with van der Waals surface area (Å²) in [6.07, 6.45) is 67.9. The molecule has 1 aromatic heterocycles. The second-order valence-electron chi connectivity index (χ2n) is 22.3. The van der Waals surface area contributed by atoms with Gasteiger partial charge in [0.2, 0.25) is 11.8 Å². The number of carbonyl (C=O) groups is 5. The first-order chi connectivity index (χ1) is 43.9. The van der Waals surface area contributed by atoms with Crippen LogP contribution >= 0.6 is 11.3 Å². The van der Waals surface area contributed by atoms with E-state index in [1.807, 2.05) is 24.3 Å². The predicted molar refractivity (Wildman–Crippen MR) is 374 cm³/mol. The molecule has 0 bridgehead atoms. The summed E-state index contributed by atoms with van der Waals surface area (Å²) in [7, 11) is 0. The summed E-state index contributed by atoms with van der Waals surface area (Å²) in [4.78, 5) is 67.8. The van der Waals surface area contributed by atoms with Gasteiger partial charge in [-0.05, 0) is 183 Å². The molecule has 2 heterocycles. The van der Waals surface area contributed by atoms with Gasteiger partial charge >= 0.3 is 11.9 Å². The van der Waals surface area contributed by atoms with Gasteiger partial charge in [0.1, 0.15) is 17.5 Å². The molecule has 478 valence electrons. The number of fused-ring (bicyclic) bond motifs is 1. The molecule has 12 heteroatoms. The third-order valence-electron chi connectivity index (χ3n) is 14.9. The van der Waals surface area contributed by atoms with Crippen LogP contribution in [0, 0.1) is 0 Å². The molecule has 1 saturated heterocycles. The largest absolute Gasteiger partial charge is 0.494 e. The fourth-order valence-corrected chi connectivity index (χ4v) is 11.0. The van der Waals surface area contributed by atoms with Crippen molar-refractivity contribution >= 4 is 51.0 Å². The number of esters is 1. The lowest BCUT2D eigenvalue weighted by molar-refractivity contribution is -0.147. The first kappa shape index (κ1) is 72.6. The van der Waals surface area contributed by atoms with Gasteiger partial charge < -0.3 is 30.5 Å². The standard InChI is InChI=1S/C78H97N3O8S/c1-5-7-9-11-13-15-17-19-21-23-25-27-29-31-33-35-37-39-41-46-71(82)80-62(3)76(85)89-68-56-57-69-70(61-68)90-75(73(69)74(84)63-50-54-67(55-51-63)88-60-58-66-45-43-44-59-79-66)64-48-52-65(53-49-64)78(4,77(86)87)81-72(83)47-42-40-38-36-34-32-30-28-26-24-22-20-18-16-14-12-10-8-6-2/h7-10,13-16,19-22,25-28,31-34,37-40,48-57,61-62,66,79H,5-6,11-12,17-18,23-24,29-30,35-36,41-47,58-60H2,1-4H3,(H,80,82)(H,81,83)(H,86,87)/t62-,66?,78-/m0/s1. The summed E-state index contributed by atoms with van der Waals surface area (Å²) in [6.45, 7) is 8.90. The van der Waals surface area contributed by atoms with E-state index in [4.69, 9.17) is 9.47 Å². The van der Waals surface area contributed by atoms with Gasteiger partial charge in [0.05, 0.1) is 6.61 Å². The van der Waals surface area contributed by atoms with E-state index in [0.29, 0.717) is 68.5 Å². The fourth-order valence-electron chi connectivity index (χ4n) is 9.74. The van der Waals surface area contributed by atoms with Gasteiger partial charge in [0, 0.05) is 45.0 Å². The lowest BCUT2D eigenvalue weighted by atomic mass is 9.90. The molecule has 0 radical (unpaired) electrons. The average molecular weight is 1240 g/mol. The Balaban J connectivity index is 1.17. The number of allylic oxidation sites excluding steroid dienone is 24. The number of benzene rings is 3. The van der Waals surface area contributed by atoms with Crippen molar-refractivity contribution in [2.45, 2.75) is 174 Å². The van der Waals surface area contributed by atoms with Crippen molar-refractivity contribution in [3.63, 3.8) is 0 Å². The molecule has 4 aromatic rings. The third kappa shape index (κ3) is 27.7. The van der Waals surface area contributed by atoms with Crippen LogP contribution in [0.3, 0.4) is 0 Å². The van der Waals surface area contributed by atoms with Gasteiger partial charge in [-0.1, -0.05) is 190 Å². The predicted octanol–water partition coefficient (Wildman–Crippen LogP) is 18.5. The highest BCUT2D eigenvalue weighted by atomic mass is 32.1. The van der Waals surface area contributed by atoms with Crippen LogP contribution in [-0.4, -0.2) is 59.9 Å². The molecule has 11 nitrogen and oxygen atoms in total. The Bertz CT molecular complexity index is 3210. The van der Waals surface area contributed by atoms with Crippen LogP contribution in [-0.2, 0) is 24.7 Å².